The zero-order chi connectivity index (χ0) is 14.8. The number of halogens is 1. The van der Waals surface area contributed by atoms with Crippen molar-refractivity contribution in [1.29, 1.82) is 0 Å². The van der Waals surface area contributed by atoms with Gasteiger partial charge in [0.05, 0.1) is 10.3 Å². The molecule has 1 unspecified atom stereocenters. The normalized spacial score (nSPS) is 17.7. The van der Waals surface area contributed by atoms with Crippen LogP contribution < -0.4 is 10.9 Å². The van der Waals surface area contributed by atoms with Gasteiger partial charge in [0.1, 0.15) is 0 Å². The Balaban J connectivity index is 2.00. The minimum atomic E-state index is 0.107. The molecule has 1 aliphatic rings. The molecule has 0 fully saturated rings. The molecule has 2 heterocycles. The maximum absolute atomic E-state index is 12.3. The first-order valence-corrected chi connectivity index (χ1v) is 9.00. The van der Waals surface area contributed by atoms with E-state index >= 15 is 0 Å². The molecule has 0 amide bonds. The molecular weight excluding hydrogens is 348 g/mol. The third kappa shape index (κ3) is 3.15. The van der Waals surface area contributed by atoms with Gasteiger partial charge in [-0.25, -0.2) is 0 Å². The summed E-state index contributed by atoms with van der Waals surface area (Å²) in [6, 6.07) is 8.26. The van der Waals surface area contributed by atoms with E-state index in [0.29, 0.717) is 12.6 Å². The fourth-order valence-electron chi connectivity index (χ4n) is 3.09. The summed E-state index contributed by atoms with van der Waals surface area (Å²) in [5, 5.41) is 3.54. The number of nitrogens with one attached hydrogen (secondary N) is 1. The summed E-state index contributed by atoms with van der Waals surface area (Å²) in [5.41, 5.74) is 2.62. The highest BCUT2D eigenvalue weighted by Crippen LogP contribution is 2.30. The van der Waals surface area contributed by atoms with Gasteiger partial charge >= 0.3 is 0 Å². The summed E-state index contributed by atoms with van der Waals surface area (Å²) in [5.74, 6) is 0. The number of aromatic nitrogens is 1. The van der Waals surface area contributed by atoms with Crippen molar-refractivity contribution in [3.05, 3.63) is 54.5 Å². The van der Waals surface area contributed by atoms with E-state index < -0.39 is 0 Å². The monoisotopic (exact) mass is 366 g/mol. The highest BCUT2D eigenvalue weighted by atomic mass is 79.9. The fourth-order valence-corrected chi connectivity index (χ4v) is 4.56. The van der Waals surface area contributed by atoms with E-state index in [1.807, 2.05) is 16.7 Å². The quantitative estimate of drug-likeness (QED) is 0.894. The minimum Gasteiger partial charge on any atom is -0.310 e. The van der Waals surface area contributed by atoms with E-state index in [4.69, 9.17) is 0 Å². The lowest BCUT2D eigenvalue weighted by atomic mass is 9.91. The molecule has 21 heavy (non-hydrogen) atoms. The number of rotatable bonds is 4. The van der Waals surface area contributed by atoms with Crippen molar-refractivity contribution in [3.63, 3.8) is 0 Å². The molecule has 0 spiro atoms. The third-order valence-electron chi connectivity index (χ3n) is 4.01. The number of hydrogen-bond acceptors (Lipinski definition) is 3. The summed E-state index contributed by atoms with van der Waals surface area (Å²) < 4.78 is 3.07. The summed E-state index contributed by atoms with van der Waals surface area (Å²) in [4.78, 5) is 13.5. The van der Waals surface area contributed by atoms with Crippen molar-refractivity contribution in [3.8, 4) is 0 Å². The summed E-state index contributed by atoms with van der Waals surface area (Å²) in [6.45, 7) is 3.77. The van der Waals surface area contributed by atoms with Crippen LogP contribution in [0.3, 0.4) is 0 Å². The van der Waals surface area contributed by atoms with Crippen LogP contribution in [-0.4, -0.2) is 11.1 Å². The molecule has 0 saturated carbocycles. The third-order valence-corrected chi connectivity index (χ3v) is 5.61. The number of nitrogens with zero attached hydrogens (tertiary/aromatic N) is 1. The van der Waals surface area contributed by atoms with Crippen LogP contribution in [0.15, 0.2) is 32.8 Å². The van der Waals surface area contributed by atoms with Crippen LogP contribution >= 0.6 is 27.3 Å². The van der Waals surface area contributed by atoms with Crippen molar-refractivity contribution in [2.45, 2.75) is 38.8 Å². The van der Waals surface area contributed by atoms with E-state index in [1.54, 1.807) is 17.4 Å². The second-order valence-corrected chi connectivity index (χ2v) is 7.92. The van der Waals surface area contributed by atoms with Crippen LogP contribution in [0.4, 0.5) is 0 Å². The number of thiophene rings is 1. The smallest absolute Gasteiger partial charge is 0.251 e. The van der Waals surface area contributed by atoms with Gasteiger partial charge in [-0.05, 0) is 59.4 Å². The van der Waals surface area contributed by atoms with Gasteiger partial charge < -0.3 is 9.88 Å². The van der Waals surface area contributed by atoms with E-state index in [0.717, 1.165) is 29.6 Å². The van der Waals surface area contributed by atoms with Crippen LogP contribution in [0, 0.1) is 0 Å². The van der Waals surface area contributed by atoms with Gasteiger partial charge in [-0.1, -0.05) is 13.0 Å². The average molecular weight is 367 g/mol. The van der Waals surface area contributed by atoms with Gasteiger partial charge in [0, 0.05) is 22.7 Å². The number of fused-ring (bicyclic) bond motifs is 1. The van der Waals surface area contributed by atoms with E-state index in [-0.39, 0.29) is 5.56 Å². The van der Waals surface area contributed by atoms with E-state index in [9.17, 15) is 4.79 Å². The lowest BCUT2D eigenvalue weighted by Crippen LogP contribution is -2.31. The molecule has 1 N–H and O–H groups in total. The second-order valence-electron chi connectivity index (χ2n) is 5.37. The van der Waals surface area contributed by atoms with Gasteiger partial charge in [0.15, 0.2) is 0 Å². The fraction of sp³-hybridized carbons (Fsp3) is 0.438. The van der Waals surface area contributed by atoms with Crippen LogP contribution in [0.25, 0.3) is 0 Å². The molecule has 0 aromatic carbocycles. The summed E-state index contributed by atoms with van der Waals surface area (Å²) in [7, 11) is 0. The molecule has 0 radical (unpaired) electrons. The van der Waals surface area contributed by atoms with Crippen molar-refractivity contribution in [2.75, 3.05) is 6.54 Å². The predicted molar refractivity (Wildman–Crippen MR) is 91.2 cm³/mol. The predicted octanol–water partition coefficient (Wildman–Crippen LogP) is 3.71. The van der Waals surface area contributed by atoms with Crippen LogP contribution in [0.5, 0.6) is 0 Å². The molecule has 5 heteroatoms. The van der Waals surface area contributed by atoms with Crippen molar-refractivity contribution < 1.29 is 0 Å². The SMILES string of the molecule is CCNC1CCCc2c1ccc(=O)n2Cc1ccc(Br)s1. The summed E-state index contributed by atoms with van der Waals surface area (Å²) >= 11 is 5.18. The molecule has 3 nitrogen and oxygen atoms in total. The average Bonchev–Trinajstić information content (AvgIpc) is 2.88. The summed E-state index contributed by atoms with van der Waals surface area (Å²) in [6.07, 6.45) is 3.30. The molecule has 0 saturated heterocycles. The first kappa shape index (κ1) is 15.0. The second kappa shape index (κ2) is 6.46. The Hall–Kier alpha value is -0.910. The van der Waals surface area contributed by atoms with Gasteiger partial charge in [-0.2, -0.15) is 0 Å². The largest absolute Gasteiger partial charge is 0.310 e. The molecule has 1 aliphatic carbocycles. The first-order chi connectivity index (χ1) is 10.2. The van der Waals surface area contributed by atoms with Crippen molar-refractivity contribution >= 4 is 27.3 Å². The Morgan fingerprint density at radius 3 is 2.95 bits per heavy atom. The van der Waals surface area contributed by atoms with Gasteiger partial charge in [-0.15, -0.1) is 11.3 Å². The molecule has 2 aromatic heterocycles. The topological polar surface area (TPSA) is 34.0 Å². The minimum absolute atomic E-state index is 0.107. The van der Waals surface area contributed by atoms with E-state index in [2.05, 4.69) is 34.2 Å². The Morgan fingerprint density at radius 2 is 2.24 bits per heavy atom. The Bertz CT molecular complexity index is 692. The van der Waals surface area contributed by atoms with Crippen molar-refractivity contribution in [1.82, 2.24) is 9.88 Å². The standard InChI is InChI=1S/C16H19BrN2OS/c1-2-18-13-4-3-5-14-12(13)7-9-16(20)19(14)10-11-6-8-15(17)21-11/h6-9,13,18H,2-5,10H2,1H3. The highest BCUT2D eigenvalue weighted by Gasteiger charge is 2.22. The number of pyridine rings is 1. The van der Waals surface area contributed by atoms with Crippen LogP contribution in [0.1, 0.15) is 41.9 Å². The Kier molecular flexibility index (Phi) is 4.62. The van der Waals surface area contributed by atoms with Crippen molar-refractivity contribution in [2.24, 2.45) is 0 Å². The molecule has 0 bridgehead atoms. The van der Waals surface area contributed by atoms with Gasteiger partial charge in [0.2, 0.25) is 0 Å². The van der Waals surface area contributed by atoms with Crippen LogP contribution in [-0.2, 0) is 13.0 Å². The number of hydrogen-bond donors (Lipinski definition) is 1. The molecule has 112 valence electrons. The Labute approximate surface area is 137 Å². The first-order valence-electron chi connectivity index (χ1n) is 7.39. The van der Waals surface area contributed by atoms with Gasteiger partial charge in [0.25, 0.3) is 5.56 Å². The Morgan fingerprint density at radius 1 is 1.38 bits per heavy atom. The molecule has 0 aliphatic heterocycles. The zero-order valence-electron chi connectivity index (χ0n) is 12.1. The molecule has 3 rings (SSSR count). The maximum atomic E-state index is 12.3. The lowest BCUT2D eigenvalue weighted by Gasteiger charge is -2.28. The maximum Gasteiger partial charge on any atom is 0.251 e. The highest BCUT2D eigenvalue weighted by molar-refractivity contribution is 9.11. The molecule has 2 aromatic rings. The van der Waals surface area contributed by atoms with E-state index in [1.165, 1.54) is 16.1 Å². The molecule has 1 atom stereocenters. The lowest BCUT2D eigenvalue weighted by molar-refractivity contribution is 0.453. The van der Waals surface area contributed by atoms with Gasteiger partial charge in [-0.3, -0.25) is 4.79 Å². The zero-order valence-corrected chi connectivity index (χ0v) is 14.5. The molecular formula is C16H19BrN2OS. The van der Waals surface area contributed by atoms with Crippen LogP contribution in [0.2, 0.25) is 0 Å².